The molecule has 9 heteroatoms. The van der Waals surface area contributed by atoms with Crippen molar-refractivity contribution in [2.24, 2.45) is 0 Å². The van der Waals surface area contributed by atoms with Gasteiger partial charge < -0.3 is 10.1 Å². The molecule has 3 aromatic heterocycles. The van der Waals surface area contributed by atoms with E-state index in [0.717, 1.165) is 12.1 Å². The lowest BCUT2D eigenvalue weighted by Gasteiger charge is -2.02. The second-order valence-corrected chi connectivity index (χ2v) is 3.81. The summed E-state index contributed by atoms with van der Waals surface area (Å²) in [4.78, 5) is 18.4. The summed E-state index contributed by atoms with van der Waals surface area (Å²) in [7, 11) is 0. The summed E-state index contributed by atoms with van der Waals surface area (Å²) in [6.45, 7) is 1.96. The van der Waals surface area contributed by atoms with E-state index in [1.165, 1.54) is 27.8 Å². The highest BCUT2D eigenvalue weighted by molar-refractivity contribution is 5.38. The van der Waals surface area contributed by atoms with Crippen LogP contribution in [0.3, 0.4) is 0 Å². The zero-order valence-corrected chi connectivity index (χ0v) is 9.96. The van der Waals surface area contributed by atoms with Crippen LogP contribution in [0.25, 0.3) is 11.6 Å². The topological polar surface area (TPSA) is 104 Å². The molecular weight excluding hydrogens is 250 g/mol. The molecule has 3 rings (SSSR count). The summed E-state index contributed by atoms with van der Waals surface area (Å²) in [5.74, 6) is 0.781. The normalized spacial score (nSPS) is 11.0. The fraction of sp³-hybridized carbons (Fsp3) is 0.200. The average Bonchev–Trinajstić information content (AvgIpc) is 3.06. The van der Waals surface area contributed by atoms with E-state index in [0.29, 0.717) is 11.6 Å². The first kappa shape index (κ1) is 11.3. The maximum absolute atomic E-state index is 10.7. The molecule has 0 bridgehead atoms. The van der Waals surface area contributed by atoms with Gasteiger partial charge in [-0.3, -0.25) is 0 Å². The Morgan fingerprint density at radius 3 is 3.00 bits per heavy atom. The fourth-order valence-electron chi connectivity index (χ4n) is 1.73. The number of fused-ring (bicyclic) bond motifs is 1. The molecule has 0 saturated heterocycles. The molecule has 0 aliphatic rings. The maximum atomic E-state index is 10.7. The summed E-state index contributed by atoms with van der Waals surface area (Å²) in [5.41, 5.74) is 0.814. The van der Waals surface area contributed by atoms with Crippen molar-refractivity contribution in [1.82, 2.24) is 29.4 Å². The van der Waals surface area contributed by atoms with Gasteiger partial charge in [-0.2, -0.15) is 14.6 Å². The molecule has 96 valence electrons. The van der Waals surface area contributed by atoms with Gasteiger partial charge in [0.15, 0.2) is 5.82 Å². The van der Waals surface area contributed by atoms with E-state index in [-0.39, 0.29) is 5.82 Å². The molecule has 19 heavy (non-hydrogen) atoms. The van der Waals surface area contributed by atoms with Crippen molar-refractivity contribution in [2.45, 2.75) is 13.3 Å². The van der Waals surface area contributed by atoms with Gasteiger partial charge in [0.2, 0.25) is 0 Å². The Labute approximate surface area is 106 Å². The van der Waals surface area contributed by atoms with Gasteiger partial charge >= 0.3 is 5.82 Å². The van der Waals surface area contributed by atoms with Gasteiger partial charge in [0.05, 0.1) is 17.4 Å². The number of aromatic nitrogens is 6. The molecule has 3 aromatic rings. The number of nitrogens with zero attached hydrogens (tertiary/aromatic N) is 7. The molecule has 0 N–H and O–H groups in total. The number of hydrogen-bond donors (Lipinski definition) is 0. The van der Waals surface area contributed by atoms with Crippen LogP contribution in [-0.2, 0) is 6.42 Å². The second-order valence-electron chi connectivity index (χ2n) is 3.81. The lowest BCUT2D eigenvalue weighted by atomic mass is 10.3. The van der Waals surface area contributed by atoms with Gasteiger partial charge in [-0.1, -0.05) is 6.92 Å². The maximum Gasteiger partial charge on any atom is 0.390 e. The Balaban J connectivity index is 2.21. The quantitative estimate of drug-likeness (QED) is 0.508. The van der Waals surface area contributed by atoms with E-state index < -0.39 is 4.92 Å². The van der Waals surface area contributed by atoms with E-state index in [1.807, 2.05) is 6.92 Å². The Hall–Kier alpha value is -2.84. The van der Waals surface area contributed by atoms with Gasteiger partial charge in [-0.25, -0.2) is 4.98 Å². The van der Waals surface area contributed by atoms with Crippen LogP contribution in [0.1, 0.15) is 12.6 Å². The lowest BCUT2D eigenvalue weighted by molar-refractivity contribution is -0.389. The molecule has 0 aliphatic heterocycles. The van der Waals surface area contributed by atoms with Gasteiger partial charge in [0, 0.05) is 11.8 Å². The van der Waals surface area contributed by atoms with Crippen molar-refractivity contribution in [3.63, 3.8) is 0 Å². The van der Waals surface area contributed by atoms with Gasteiger partial charge in [-0.15, -0.1) is 4.68 Å². The standard InChI is InChI=1S/C10H9N7O2/c1-2-7-5-9(16-10(13-7)11-6-12-16)15-4-3-8(14-15)17(18)19/h3-6H,2H2,1H3. The molecule has 0 saturated carbocycles. The van der Waals surface area contributed by atoms with Crippen molar-refractivity contribution in [1.29, 1.82) is 0 Å². The van der Waals surface area contributed by atoms with E-state index in [1.54, 1.807) is 6.07 Å². The van der Waals surface area contributed by atoms with E-state index in [9.17, 15) is 10.1 Å². The predicted octanol–water partition coefficient (Wildman–Crippen LogP) is 0.781. The Morgan fingerprint density at radius 2 is 2.32 bits per heavy atom. The predicted molar refractivity (Wildman–Crippen MR) is 63.9 cm³/mol. The third-order valence-electron chi connectivity index (χ3n) is 2.65. The fourth-order valence-corrected chi connectivity index (χ4v) is 1.73. The zero-order valence-electron chi connectivity index (χ0n) is 9.96. The van der Waals surface area contributed by atoms with E-state index in [2.05, 4.69) is 20.2 Å². The molecule has 0 atom stereocenters. The van der Waals surface area contributed by atoms with Crippen LogP contribution in [0.5, 0.6) is 0 Å². The molecular formula is C10H9N7O2. The molecule has 9 nitrogen and oxygen atoms in total. The second kappa shape index (κ2) is 4.12. The highest BCUT2D eigenvalue weighted by Crippen LogP contribution is 2.13. The number of nitro groups is 1. The SMILES string of the molecule is CCc1cc(-n2ccc([N+](=O)[O-])n2)n2ncnc2n1. The van der Waals surface area contributed by atoms with Crippen LogP contribution in [-0.4, -0.2) is 34.3 Å². The van der Waals surface area contributed by atoms with Gasteiger partial charge in [0.25, 0.3) is 5.78 Å². The van der Waals surface area contributed by atoms with E-state index in [4.69, 9.17) is 0 Å². The van der Waals surface area contributed by atoms with Crippen molar-refractivity contribution in [3.05, 3.63) is 40.5 Å². The Bertz CT molecular complexity index is 760. The van der Waals surface area contributed by atoms with Crippen LogP contribution in [0.15, 0.2) is 24.7 Å². The molecule has 0 aliphatic carbocycles. The Kier molecular flexibility index (Phi) is 2.44. The van der Waals surface area contributed by atoms with Crippen LogP contribution < -0.4 is 0 Å². The highest BCUT2D eigenvalue weighted by Gasteiger charge is 2.16. The monoisotopic (exact) mass is 259 g/mol. The van der Waals surface area contributed by atoms with Crippen molar-refractivity contribution in [3.8, 4) is 5.82 Å². The summed E-state index contributed by atoms with van der Waals surface area (Å²) in [6, 6.07) is 3.10. The third kappa shape index (κ3) is 1.80. The number of rotatable bonds is 3. The summed E-state index contributed by atoms with van der Waals surface area (Å²) in [5, 5.41) is 18.6. The number of aryl methyl sites for hydroxylation is 1. The van der Waals surface area contributed by atoms with E-state index >= 15 is 0 Å². The lowest BCUT2D eigenvalue weighted by Crippen LogP contribution is -2.07. The molecule has 0 amide bonds. The number of hydrogen-bond acceptors (Lipinski definition) is 6. The first-order valence-electron chi connectivity index (χ1n) is 5.59. The van der Waals surface area contributed by atoms with Crippen LogP contribution in [0.4, 0.5) is 5.82 Å². The molecule has 0 fully saturated rings. The summed E-state index contributed by atoms with van der Waals surface area (Å²) < 4.78 is 2.87. The molecule has 3 heterocycles. The summed E-state index contributed by atoms with van der Waals surface area (Å²) >= 11 is 0. The van der Waals surface area contributed by atoms with Crippen LogP contribution in [0.2, 0.25) is 0 Å². The first-order chi connectivity index (χ1) is 9.19. The van der Waals surface area contributed by atoms with Crippen molar-refractivity contribution >= 4 is 11.6 Å². The largest absolute Gasteiger partial charge is 0.390 e. The molecule has 0 unspecified atom stereocenters. The van der Waals surface area contributed by atoms with Crippen molar-refractivity contribution in [2.75, 3.05) is 0 Å². The smallest absolute Gasteiger partial charge is 0.358 e. The molecule has 0 aromatic carbocycles. The zero-order chi connectivity index (χ0) is 13.4. The molecule has 0 radical (unpaired) electrons. The summed E-state index contributed by atoms with van der Waals surface area (Å²) in [6.07, 6.45) is 3.61. The first-order valence-corrected chi connectivity index (χ1v) is 5.59. The van der Waals surface area contributed by atoms with Crippen molar-refractivity contribution < 1.29 is 4.92 Å². The minimum Gasteiger partial charge on any atom is -0.358 e. The van der Waals surface area contributed by atoms with Gasteiger partial charge in [-0.05, 0) is 11.3 Å². The Morgan fingerprint density at radius 1 is 1.47 bits per heavy atom. The molecule has 0 spiro atoms. The highest BCUT2D eigenvalue weighted by atomic mass is 16.6. The minimum absolute atomic E-state index is 0.219. The van der Waals surface area contributed by atoms with Crippen LogP contribution >= 0.6 is 0 Å². The van der Waals surface area contributed by atoms with Crippen LogP contribution in [0, 0.1) is 10.1 Å². The third-order valence-corrected chi connectivity index (χ3v) is 2.65. The average molecular weight is 259 g/mol. The van der Waals surface area contributed by atoms with Gasteiger partial charge in [0.1, 0.15) is 6.33 Å². The minimum atomic E-state index is -0.545.